The molecule has 0 fully saturated rings. The molecule has 2 aromatic heterocycles. The van der Waals surface area contributed by atoms with Crippen molar-refractivity contribution < 1.29 is 0 Å². The van der Waals surface area contributed by atoms with Crippen LogP contribution in [-0.2, 0) is 6.54 Å². The van der Waals surface area contributed by atoms with Crippen LogP contribution in [0.25, 0.3) is 0 Å². The highest BCUT2D eigenvalue weighted by Gasteiger charge is 2.12. The van der Waals surface area contributed by atoms with E-state index in [1.807, 2.05) is 18.4 Å². The fraction of sp³-hybridized carbons (Fsp3) is 0.231. The van der Waals surface area contributed by atoms with Crippen LogP contribution in [0.15, 0.2) is 29.8 Å². The van der Waals surface area contributed by atoms with Gasteiger partial charge in [0.05, 0.1) is 24.0 Å². The molecule has 4 nitrogen and oxygen atoms in total. The first-order chi connectivity index (χ1) is 8.74. The lowest BCUT2D eigenvalue weighted by Gasteiger charge is -2.22. The number of nitrogens with zero attached hydrogens (tertiary/aromatic N) is 3. The molecule has 0 atom stereocenters. The lowest BCUT2D eigenvalue weighted by Crippen LogP contribution is -2.23. The lowest BCUT2D eigenvalue weighted by atomic mass is 10.2. The maximum atomic E-state index is 9.14. The summed E-state index contributed by atoms with van der Waals surface area (Å²) in [4.78, 5) is 7.61. The second-order valence-corrected chi connectivity index (χ2v) is 4.88. The number of thiophene rings is 1. The predicted octanol–water partition coefficient (Wildman–Crippen LogP) is 2.62. The van der Waals surface area contributed by atoms with E-state index in [1.54, 1.807) is 23.6 Å². The second kappa shape index (κ2) is 5.52. The molecule has 0 aliphatic carbocycles. The molecular formula is C13H14N4S. The van der Waals surface area contributed by atoms with Gasteiger partial charge in [0.2, 0.25) is 0 Å². The van der Waals surface area contributed by atoms with Gasteiger partial charge in [0, 0.05) is 11.4 Å². The third-order valence-electron chi connectivity index (χ3n) is 2.62. The zero-order chi connectivity index (χ0) is 13.0. The van der Waals surface area contributed by atoms with Crippen LogP contribution in [0.2, 0.25) is 0 Å². The van der Waals surface area contributed by atoms with Crippen LogP contribution in [0.4, 0.5) is 11.5 Å². The summed E-state index contributed by atoms with van der Waals surface area (Å²) in [6, 6.07) is 7.92. The van der Waals surface area contributed by atoms with E-state index in [0.717, 1.165) is 13.1 Å². The van der Waals surface area contributed by atoms with Gasteiger partial charge in [-0.05, 0) is 24.4 Å². The zero-order valence-electron chi connectivity index (χ0n) is 10.1. The summed E-state index contributed by atoms with van der Waals surface area (Å²) in [5.74, 6) is 0.697. The summed E-state index contributed by atoms with van der Waals surface area (Å²) >= 11 is 1.70. The van der Waals surface area contributed by atoms with Crippen molar-refractivity contribution in [2.75, 3.05) is 17.2 Å². The van der Waals surface area contributed by atoms with Gasteiger partial charge in [-0.1, -0.05) is 6.07 Å². The smallest absolute Gasteiger partial charge is 0.146 e. The molecule has 0 spiro atoms. The molecular weight excluding hydrogens is 244 g/mol. The molecule has 0 unspecified atom stereocenters. The molecule has 92 valence electrons. The molecule has 0 bridgehead atoms. The number of aromatic nitrogens is 1. The number of nitrogens with two attached hydrogens (primary N) is 1. The molecule has 5 heteroatoms. The van der Waals surface area contributed by atoms with Crippen molar-refractivity contribution in [3.8, 4) is 6.07 Å². The molecule has 0 saturated carbocycles. The number of hydrogen-bond donors (Lipinski definition) is 1. The predicted molar refractivity (Wildman–Crippen MR) is 74.4 cm³/mol. The van der Waals surface area contributed by atoms with E-state index in [0.29, 0.717) is 17.1 Å². The first-order valence-corrected chi connectivity index (χ1v) is 6.55. The molecule has 0 aliphatic rings. The summed E-state index contributed by atoms with van der Waals surface area (Å²) in [6.07, 6.45) is 1.59. The average molecular weight is 258 g/mol. The van der Waals surface area contributed by atoms with Crippen molar-refractivity contribution in [1.82, 2.24) is 4.98 Å². The average Bonchev–Trinajstić information content (AvgIpc) is 2.89. The third kappa shape index (κ3) is 2.60. The monoisotopic (exact) mass is 258 g/mol. The van der Waals surface area contributed by atoms with Gasteiger partial charge < -0.3 is 10.6 Å². The second-order valence-electron chi connectivity index (χ2n) is 3.85. The lowest BCUT2D eigenvalue weighted by molar-refractivity contribution is 0.821. The van der Waals surface area contributed by atoms with Gasteiger partial charge in [-0.15, -0.1) is 11.3 Å². The largest absolute Gasteiger partial charge is 0.397 e. The van der Waals surface area contributed by atoms with Gasteiger partial charge in [0.1, 0.15) is 11.9 Å². The molecule has 2 rings (SSSR count). The topological polar surface area (TPSA) is 65.9 Å². The minimum atomic E-state index is 0.516. The Labute approximate surface area is 110 Å². The molecule has 2 N–H and O–H groups in total. The minimum absolute atomic E-state index is 0.516. The molecule has 2 aromatic rings. The van der Waals surface area contributed by atoms with Gasteiger partial charge in [0.25, 0.3) is 0 Å². The number of nitriles is 1. The Balaban J connectivity index is 2.30. The fourth-order valence-corrected chi connectivity index (χ4v) is 2.45. The van der Waals surface area contributed by atoms with Gasteiger partial charge in [-0.2, -0.15) is 5.26 Å². The van der Waals surface area contributed by atoms with Gasteiger partial charge in [-0.3, -0.25) is 0 Å². The number of rotatable bonds is 4. The van der Waals surface area contributed by atoms with Crippen LogP contribution in [0.1, 0.15) is 17.4 Å². The summed E-state index contributed by atoms with van der Waals surface area (Å²) < 4.78 is 0. The molecule has 0 aliphatic heterocycles. The summed E-state index contributed by atoms with van der Waals surface area (Å²) in [5, 5.41) is 11.2. The van der Waals surface area contributed by atoms with Crippen LogP contribution in [0, 0.1) is 11.3 Å². The number of pyridine rings is 1. The number of nitrogen functional groups attached to an aromatic ring is 1. The molecule has 18 heavy (non-hydrogen) atoms. The highest BCUT2D eigenvalue weighted by molar-refractivity contribution is 7.09. The van der Waals surface area contributed by atoms with Crippen molar-refractivity contribution in [3.05, 3.63) is 40.2 Å². The summed E-state index contributed by atoms with van der Waals surface area (Å²) in [5.41, 5.74) is 6.69. The Morgan fingerprint density at radius 1 is 1.56 bits per heavy atom. The molecule has 0 amide bonds. The molecule has 0 saturated heterocycles. The highest BCUT2D eigenvalue weighted by atomic mass is 32.1. The van der Waals surface area contributed by atoms with Crippen molar-refractivity contribution >= 4 is 22.8 Å². The quantitative estimate of drug-likeness (QED) is 0.915. The third-order valence-corrected chi connectivity index (χ3v) is 3.48. The van der Waals surface area contributed by atoms with Crippen LogP contribution >= 0.6 is 11.3 Å². The Kier molecular flexibility index (Phi) is 3.80. The van der Waals surface area contributed by atoms with E-state index >= 15 is 0 Å². The molecule has 2 heterocycles. The summed E-state index contributed by atoms with van der Waals surface area (Å²) in [6.45, 7) is 3.61. The van der Waals surface area contributed by atoms with Crippen molar-refractivity contribution in [2.45, 2.75) is 13.5 Å². The van der Waals surface area contributed by atoms with E-state index in [9.17, 15) is 0 Å². The molecule has 0 radical (unpaired) electrons. The molecule has 0 aromatic carbocycles. The maximum absolute atomic E-state index is 9.14. The Hall–Kier alpha value is -2.06. The SMILES string of the molecule is CCN(Cc1cccs1)c1ncc(N)cc1C#N. The number of hydrogen-bond acceptors (Lipinski definition) is 5. The zero-order valence-corrected chi connectivity index (χ0v) is 10.9. The van der Waals surface area contributed by atoms with Crippen molar-refractivity contribution in [1.29, 1.82) is 5.26 Å². The number of anilines is 2. The first kappa shape index (κ1) is 12.4. The van der Waals surface area contributed by atoms with Crippen LogP contribution in [-0.4, -0.2) is 11.5 Å². The van der Waals surface area contributed by atoms with E-state index in [1.165, 1.54) is 4.88 Å². The summed E-state index contributed by atoms with van der Waals surface area (Å²) in [7, 11) is 0. The van der Waals surface area contributed by atoms with E-state index in [-0.39, 0.29) is 0 Å². The van der Waals surface area contributed by atoms with E-state index < -0.39 is 0 Å². The van der Waals surface area contributed by atoms with Crippen molar-refractivity contribution in [3.63, 3.8) is 0 Å². The Morgan fingerprint density at radius 3 is 3.00 bits per heavy atom. The van der Waals surface area contributed by atoms with Gasteiger partial charge >= 0.3 is 0 Å². The van der Waals surface area contributed by atoms with Gasteiger partial charge in [0.15, 0.2) is 0 Å². The maximum Gasteiger partial charge on any atom is 0.146 e. The van der Waals surface area contributed by atoms with E-state index in [4.69, 9.17) is 11.0 Å². The standard InChI is InChI=1S/C13H14N4S/c1-2-17(9-12-4-3-5-18-12)13-10(7-14)6-11(15)8-16-13/h3-6,8H,2,9,15H2,1H3. The van der Waals surface area contributed by atoms with Crippen LogP contribution in [0.3, 0.4) is 0 Å². The van der Waals surface area contributed by atoms with Crippen molar-refractivity contribution in [2.24, 2.45) is 0 Å². The Morgan fingerprint density at radius 2 is 2.39 bits per heavy atom. The highest BCUT2D eigenvalue weighted by Crippen LogP contribution is 2.22. The van der Waals surface area contributed by atoms with Crippen LogP contribution in [0.5, 0.6) is 0 Å². The Bertz CT molecular complexity index is 557. The van der Waals surface area contributed by atoms with Crippen LogP contribution < -0.4 is 10.6 Å². The first-order valence-electron chi connectivity index (χ1n) is 5.67. The minimum Gasteiger partial charge on any atom is -0.397 e. The van der Waals surface area contributed by atoms with E-state index in [2.05, 4.69) is 22.0 Å². The van der Waals surface area contributed by atoms with Gasteiger partial charge in [-0.25, -0.2) is 4.98 Å². The fourth-order valence-electron chi connectivity index (χ4n) is 1.74. The normalized spacial score (nSPS) is 10.0.